The molecular weight excluding hydrogens is 378 g/mol. The second-order valence-corrected chi connectivity index (χ2v) is 6.63. The van der Waals surface area contributed by atoms with Crippen molar-refractivity contribution in [1.82, 2.24) is 4.98 Å². The van der Waals surface area contributed by atoms with Crippen molar-refractivity contribution in [2.24, 2.45) is 11.7 Å². The molecule has 29 heavy (non-hydrogen) atoms. The number of hydrogen-bond donors (Lipinski definition) is 2. The van der Waals surface area contributed by atoms with Crippen LogP contribution in [0.5, 0.6) is 5.75 Å². The summed E-state index contributed by atoms with van der Waals surface area (Å²) in [7, 11) is 0. The predicted molar refractivity (Wildman–Crippen MR) is 106 cm³/mol. The number of amides is 1. The van der Waals surface area contributed by atoms with E-state index in [1.807, 2.05) is 37.3 Å². The summed E-state index contributed by atoms with van der Waals surface area (Å²) in [6.07, 6.45) is 0.637. The molecule has 0 spiro atoms. The minimum atomic E-state index is -1.24. The Hall–Kier alpha value is -3.61. The summed E-state index contributed by atoms with van der Waals surface area (Å²) in [5.41, 5.74) is 7.59. The molecule has 3 aromatic rings. The predicted octanol–water partition coefficient (Wildman–Crippen LogP) is 3.00. The molecule has 0 saturated carbocycles. The third-order valence-electron chi connectivity index (χ3n) is 4.53. The lowest BCUT2D eigenvalue weighted by molar-refractivity contribution is -0.145. The SMILES string of the molecule is Cc1oc(-c2ccccc2)nc1CCO[13c]1[13cH][13cH][13c](CC(C(N)=O)C(=O)O)[13cH][13cH]1. The number of aromatic nitrogens is 1. The van der Waals surface area contributed by atoms with Crippen LogP contribution in [0.2, 0.25) is 0 Å². The summed E-state index contributed by atoms with van der Waals surface area (Å²) in [5.74, 6) is -1.33. The Morgan fingerprint density at radius 1 is 1.14 bits per heavy atom. The van der Waals surface area contributed by atoms with Gasteiger partial charge in [-0.25, -0.2) is 4.98 Å². The van der Waals surface area contributed by atoms with Crippen molar-refractivity contribution in [3.05, 3.63) is 71.6 Å². The van der Waals surface area contributed by atoms with Gasteiger partial charge in [-0.1, -0.05) is 30.3 Å². The molecule has 0 aliphatic heterocycles. The lowest BCUT2D eigenvalue weighted by Crippen LogP contribution is -2.31. The number of nitrogens with two attached hydrogens (primary N) is 1. The number of carboxylic acids is 1. The molecule has 1 heterocycles. The molecule has 1 unspecified atom stereocenters. The Morgan fingerprint density at radius 2 is 1.83 bits per heavy atom. The number of primary amides is 1. The van der Waals surface area contributed by atoms with Crippen LogP contribution in [0.3, 0.4) is 0 Å². The molecule has 7 heteroatoms. The van der Waals surface area contributed by atoms with E-state index in [1.165, 1.54) is 0 Å². The van der Waals surface area contributed by atoms with E-state index in [4.69, 9.17) is 20.0 Å². The van der Waals surface area contributed by atoms with Crippen LogP contribution in [0.25, 0.3) is 11.5 Å². The number of nitrogens with zero attached hydrogens (tertiary/aromatic N) is 1. The monoisotopic (exact) mass is 400 g/mol. The lowest BCUT2D eigenvalue weighted by atomic mass is 10.1. The maximum atomic E-state index is 11.2. The maximum absolute atomic E-state index is 11.2. The van der Waals surface area contributed by atoms with Crippen molar-refractivity contribution < 1.29 is 23.8 Å². The molecule has 0 saturated heterocycles. The van der Waals surface area contributed by atoms with E-state index in [1.54, 1.807) is 24.3 Å². The fourth-order valence-corrected chi connectivity index (χ4v) is 2.90. The fourth-order valence-electron chi connectivity index (χ4n) is 2.90. The number of rotatable bonds is 9. The van der Waals surface area contributed by atoms with Gasteiger partial charge in [-0.05, 0) is 43.2 Å². The standard InChI is InChI=1S/C22H22N2O5/c1-14-19(24-21(29-14)16-5-3-2-4-6-16)11-12-28-17-9-7-15(8-10-17)13-18(20(23)25)22(26)27/h2-10,18H,11-13H2,1H3,(H2,23,25)(H,26,27)/i7+1,8+1,9+1,10+1,15+1,17+1. The van der Waals surface area contributed by atoms with Gasteiger partial charge >= 0.3 is 5.97 Å². The molecule has 2 aromatic carbocycles. The number of carbonyl (C=O) groups excluding carboxylic acids is 1. The number of aliphatic carboxylic acids is 1. The maximum Gasteiger partial charge on any atom is 0.316 e. The number of oxazole rings is 1. The normalized spacial score (nSPS) is 11.8. The molecule has 0 aliphatic rings. The molecule has 1 atom stereocenters. The first-order valence-electron chi connectivity index (χ1n) is 9.19. The molecule has 0 fully saturated rings. The molecule has 0 aliphatic carbocycles. The van der Waals surface area contributed by atoms with E-state index in [2.05, 4.69) is 4.98 Å². The quantitative estimate of drug-likeness (QED) is 0.534. The van der Waals surface area contributed by atoms with Crippen molar-refractivity contribution >= 4 is 11.9 Å². The fraction of sp³-hybridized carbons (Fsp3) is 0.227. The number of carbonyl (C=O) groups is 2. The summed E-state index contributed by atoms with van der Waals surface area (Å²) >= 11 is 0. The molecule has 3 rings (SSSR count). The first-order valence-corrected chi connectivity index (χ1v) is 9.19. The summed E-state index contributed by atoms with van der Waals surface area (Å²) in [4.78, 5) is 26.8. The topological polar surface area (TPSA) is 116 Å². The Balaban J connectivity index is 1.55. The van der Waals surface area contributed by atoms with Gasteiger partial charge in [0.25, 0.3) is 0 Å². The van der Waals surface area contributed by atoms with E-state index >= 15 is 0 Å². The zero-order valence-electron chi connectivity index (χ0n) is 16.0. The van der Waals surface area contributed by atoms with Gasteiger partial charge in [-0.3, -0.25) is 9.59 Å². The van der Waals surface area contributed by atoms with Gasteiger partial charge in [0.2, 0.25) is 11.8 Å². The largest absolute Gasteiger partial charge is 0.493 e. The highest BCUT2D eigenvalue weighted by Crippen LogP contribution is 2.22. The molecule has 3 N–H and O–H groups in total. The van der Waals surface area contributed by atoms with Crippen LogP contribution in [0, 0.1) is 12.8 Å². The van der Waals surface area contributed by atoms with Crippen molar-refractivity contribution in [1.29, 1.82) is 0 Å². The van der Waals surface area contributed by atoms with Crippen LogP contribution in [0.4, 0.5) is 0 Å². The second kappa shape index (κ2) is 9.05. The van der Waals surface area contributed by atoms with Crippen LogP contribution in [0.1, 0.15) is 17.0 Å². The number of benzene rings is 2. The van der Waals surface area contributed by atoms with Crippen LogP contribution in [-0.2, 0) is 22.4 Å². The molecule has 150 valence electrons. The molecule has 7 nitrogen and oxygen atoms in total. The summed E-state index contributed by atoms with van der Waals surface area (Å²) < 4.78 is 11.5. The van der Waals surface area contributed by atoms with Gasteiger partial charge in [0.1, 0.15) is 17.4 Å². The molecule has 1 amide bonds. The van der Waals surface area contributed by atoms with Gasteiger partial charge in [0.05, 0.1) is 12.3 Å². The molecule has 0 bridgehead atoms. The first-order chi connectivity index (χ1) is 13.9. The number of carboxylic acid groups (broad SMARTS) is 1. The number of ether oxygens (including phenoxy) is 1. The summed E-state index contributed by atoms with van der Waals surface area (Å²) in [5, 5.41) is 9.04. The minimum absolute atomic E-state index is 0.0470. The zero-order chi connectivity index (χ0) is 20.8. The Labute approximate surface area is 168 Å². The minimum Gasteiger partial charge on any atom is -0.493 e. The lowest BCUT2D eigenvalue weighted by Gasteiger charge is -2.10. The van der Waals surface area contributed by atoms with E-state index < -0.39 is 17.8 Å². The molecular formula is C22H22N2O5. The zero-order valence-corrected chi connectivity index (χ0v) is 16.0. The van der Waals surface area contributed by atoms with Gasteiger partial charge in [-0.15, -0.1) is 0 Å². The van der Waals surface area contributed by atoms with Gasteiger partial charge < -0.3 is 20.0 Å². The number of aryl methyl sites for hydroxylation is 1. The van der Waals surface area contributed by atoms with Crippen LogP contribution in [-0.4, -0.2) is 28.6 Å². The van der Waals surface area contributed by atoms with Crippen molar-refractivity contribution in [3.8, 4) is 17.2 Å². The Kier molecular flexibility index (Phi) is 6.29. The van der Waals surface area contributed by atoms with E-state index in [0.29, 0.717) is 30.2 Å². The van der Waals surface area contributed by atoms with Crippen LogP contribution >= 0.6 is 0 Å². The van der Waals surface area contributed by atoms with Crippen LogP contribution in [0.15, 0.2) is 59.0 Å². The third-order valence-corrected chi connectivity index (χ3v) is 4.53. The van der Waals surface area contributed by atoms with E-state index in [-0.39, 0.29) is 6.42 Å². The average Bonchev–Trinajstić information content (AvgIpc) is 3.08. The highest BCUT2D eigenvalue weighted by atomic mass is 16.6. The van der Waals surface area contributed by atoms with Crippen molar-refractivity contribution in [2.75, 3.05) is 6.61 Å². The van der Waals surface area contributed by atoms with Crippen LogP contribution < -0.4 is 10.5 Å². The van der Waals surface area contributed by atoms with E-state index in [0.717, 1.165) is 17.0 Å². The second-order valence-electron chi connectivity index (χ2n) is 6.63. The molecule has 0 radical (unpaired) electrons. The summed E-state index contributed by atoms with van der Waals surface area (Å²) in [6.45, 7) is 2.29. The molecule has 1 aromatic heterocycles. The Bertz CT molecular complexity index is 966. The smallest absolute Gasteiger partial charge is 0.316 e. The highest BCUT2D eigenvalue weighted by Gasteiger charge is 2.23. The first kappa shape index (κ1) is 20.1. The van der Waals surface area contributed by atoms with Crippen molar-refractivity contribution in [3.63, 3.8) is 0 Å². The number of hydrogen-bond acceptors (Lipinski definition) is 5. The van der Waals surface area contributed by atoms with Gasteiger partial charge in [0.15, 0.2) is 0 Å². The van der Waals surface area contributed by atoms with E-state index in [9.17, 15) is 9.59 Å². The van der Waals surface area contributed by atoms with Crippen molar-refractivity contribution in [2.45, 2.75) is 19.8 Å². The van der Waals surface area contributed by atoms with Gasteiger partial charge in [-0.2, -0.15) is 0 Å². The summed E-state index contributed by atoms with van der Waals surface area (Å²) in [6, 6.07) is 16.6. The van der Waals surface area contributed by atoms with Gasteiger partial charge in [0, 0.05) is 12.0 Å². The highest BCUT2D eigenvalue weighted by molar-refractivity contribution is 5.96. The third kappa shape index (κ3) is 5.22. The average molecular weight is 400 g/mol. The Morgan fingerprint density at radius 3 is 2.45 bits per heavy atom.